The Balaban J connectivity index is 1.48. The molecular weight excluding hydrogens is 282 g/mol. The van der Waals surface area contributed by atoms with Crippen LogP contribution in [0.2, 0.25) is 0 Å². The van der Waals surface area contributed by atoms with E-state index in [9.17, 15) is 0 Å². The molecule has 0 amide bonds. The van der Waals surface area contributed by atoms with Crippen LogP contribution in [-0.4, -0.2) is 40.4 Å². The largest absolute Gasteiger partial charge is 0.381 e. The number of hydrogen-bond donors (Lipinski definition) is 1. The summed E-state index contributed by atoms with van der Waals surface area (Å²) < 4.78 is 10.9. The van der Waals surface area contributed by atoms with Crippen LogP contribution < -0.4 is 5.32 Å². The summed E-state index contributed by atoms with van der Waals surface area (Å²) in [5, 5.41) is 7.05. The number of ether oxygens (including phenoxy) is 1. The molecule has 0 aromatic carbocycles. The maximum atomic E-state index is 5.46. The summed E-state index contributed by atoms with van der Waals surface area (Å²) >= 11 is 0. The smallest absolute Gasteiger partial charge is 0.230 e. The number of hydrogen-bond acceptors (Lipinski definition) is 7. The molecule has 7 nitrogen and oxygen atoms in total. The molecule has 0 spiro atoms. The van der Waals surface area contributed by atoms with Gasteiger partial charge in [0.1, 0.15) is 17.8 Å². The number of nitrogens with zero attached hydrogens (tertiary/aromatic N) is 4. The minimum absolute atomic E-state index is 0.412. The highest BCUT2D eigenvalue weighted by Gasteiger charge is 2.47. The van der Waals surface area contributed by atoms with Gasteiger partial charge in [-0.1, -0.05) is 5.16 Å². The van der Waals surface area contributed by atoms with E-state index < -0.39 is 0 Å². The van der Waals surface area contributed by atoms with Crippen molar-refractivity contribution < 1.29 is 9.26 Å². The molecule has 0 radical (unpaired) electrons. The maximum Gasteiger partial charge on any atom is 0.230 e. The predicted octanol–water partition coefficient (Wildman–Crippen LogP) is 2.10. The van der Waals surface area contributed by atoms with Gasteiger partial charge in [0.15, 0.2) is 0 Å². The van der Waals surface area contributed by atoms with Gasteiger partial charge in [0, 0.05) is 32.2 Å². The van der Waals surface area contributed by atoms with E-state index in [0.29, 0.717) is 23.4 Å². The second-order valence-corrected chi connectivity index (χ2v) is 5.95. The van der Waals surface area contributed by atoms with E-state index in [1.165, 1.54) is 6.33 Å². The van der Waals surface area contributed by atoms with Crippen molar-refractivity contribution in [3.8, 4) is 11.5 Å². The third kappa shape index (κ3) is 2.56. The summed E-state index contributed by atoms with van der Waals surface area (Å²) in [6, 6.07) is 1.82. The molecule has 0 bridgehead atoms. The molecule has 2 atom stereocenters. The predicted molar refractivity (Wildman–Crippen MR) is 79.3 cm³/mol. The van der Waals surface area contributed by atoms with Gasteiger partial charge in [-0.2, -0.15) is 4.98 Å². The van der Waals surface area contributed by atoms with Gasteiger partial charge in [-0.25, -0.2) is 9.97 Å². The van der Waals surface area contributed by atoms with E-state index in [1.807, 2.05) is 13.1 Å². The molecule has 0 unspecified atom stereocenters. The lowest BCUT2D eigenvalue weighted by atomic mass is 9.93. The first-order chi connectivity index (χ1) is 10.8. The second kappa shape index (κ2) is 5.64. The first kappa shape index (κ1) is 13.6. The summed E-state index contributed by atoms with van der Waals surface area (Å²) in [5.41, 5.74) is 0.678. The fourth-order valence-electron chi connectivity index (χ4n) is 3.27. The molecule has 1 aliphatic heterocycles. The van der Waals surface area contributed by atoms with Crippen LogP contribution in [0.5, 0.6) is 0 Å². The van der Waals surface area contributed by atoms with Crippen LogP contribution in [0.4, 0.5) is 5.82 Å². The second-order valence-electron chi connectivity index (χ2n) is 5.95. The van der Waals surface area contributed by atoms with E-state index >= 15 is 0 Å². The lowest BCUT2D eigenvalue weighted by molar-refractivity contribution is 0.0588. The van der Waals surface area contributed by atoms with Crippen LogP contribution in [0, 0.1) is 11.8 Å². The first-order valence-corrected chi connectivity index (χ1v) is 7.76. The van der Waals surface area contributed by atoms with Crippen molar-refractivity contribution in [3.63, 3.8) is 0 Å². The zero-order chi connectivity index (χ0) is 14.9. The summed E-state index contributed by atoms with van der Waals surface area (Å²) in [4.78, 5) is 12.8. The van der Waals surface area contributed by atoms with E-state index in [1.54, 1.807) is 0 Å². The average molecular weight is 301 g/mol. The molecular formula is C15H19N5O2. The highest BCUT2D eigenvalue weighted by Crippen LogP contribution is 2.53. The molecule has 2 aromatic heterocycles. The van der Waals surface area contributed by atoms with Gasteiger partial charge < -0.3 is 14.6 Å². The topological polar surface area (TPSA) is 86.0 Å². The molecule has 3 heterocycles. The van der Waals surface area contributed by atoms with Gasteiger partial charge in [-0.15, -0.1) is 0 Å². The van der Waals surface area contributed by atoms with Gasteiger partial charge >= 0.3 is 0 Å². The molecule has 2 fully saturated rings. The molecule has 22 heavy (non-hydrogen) atoms. The monoisotopic (exact) mass is 301 g/mol. The minimum Gasteiger partial charge on any atom is -0.381 e. The lowest BCUT2D eigenvalue weighted by Crippen LogP contribution is -2.17. The number of nitrogens with one attached hydrogen (secondary N) is 1. The van der Waals surface area contributed by atoms with Crippen molar-refractivity contribution in [2.45, 2.75) is 25.2 Å². The van der Waals surface area contributed by atoms with Crippen molar-refractivity contribution in [2.75, 3.05) is 25.6 Å². The molecule has 1 saturated carbocycles. The molecule has 116 valence electrons. The first-order valence-electron chi connectivity index (χ1n) is 7.76. The fourth-order valence-corrected chi connectivity index (χ4v) is 3.27. The molecule has 7 heteroatoms. The summed E-state index contributed by atoms with van der Waals surface area (Å²) in [7, 11) is 1.82. The van der Waals surface area contributed by atoms with Crippen LogP contribution in [0.15, 0.2) is 16.9 Å². The number of anilines is 1. The van der Waals surface area contributed by atoms with Gasteiger partial charge in [-0.05, 0) is 31.1 Å². The Morgan fingerprint density at radius 2 is 2.09 bits per heavy atom. The molecule has 2 aromatic rings. The molecule has 2 aliphatic rings. The van der Waals surface area contributed by atoms with Crippen molar-refractivity contribution in [1.29, 1.82) is 0 Å². The van der Waals surface area contributed by atoms with Gasteiger partial charge in [0.2, 0.25) is 11.7 Å². The Labute approximate surface area is 128 Å². The summed E-state index contributed by atoms with van der Waals surface area (Å²) in [5.74, 6) is 3.85. The number of rotatable bonds is 4. The van der Waals surface area contributed by atoms with E-state index in [0.717, 1.165) is 50.1 Å². The molecule has 1 aliphatic carbocycles. The van der Waals surface area contributed by atoms with E-state index in [-0.39, 0.29) is 0 Å². The quantitative estimate of drug-likeness (QED) is 0.925. The van der Waals surface area contributed by atoms with Crippen LogP contribution in [0.3, 0.4) is 0 Å². The third-order valence-electron chi connectivity index (χ3n) is 4.62. The Kier molecular flexibility index (Phi) is 3.49. The number of aromatic nitrogens is 4. The fraction of sp³-hybridized carbons (Fsp3) is 0.600. The van der Waals surface area contributed by atoms with Crippen molar-refractivity contribution in [2.24, 2.45) is 11.8 Å². The SMILES string of the molecule is CNc1cc(-c2noc([C@@H]3C[C@H]3C3CCOCC3)n2)ncn1. The summed E-state index contributed by atoms with van der Waals surface area (Å²) in [6.07, 6.45) is 4.95. The average Bonchev–Trinajstić information content (AvgIpc) is 3.24. The van der Waals surface area contributed by atoms with E-state index in [2.05, 4.69) is 25.4 Å². The highest BCUT2D eigenvalue weighted by molar-refractivity contribution is 5.53. The molecule has 1 saturated heterocycles. The standard InChI is InChI=1S/C15H19N5O2/c1-16-13-7-12(17-8-18-13)14-19-15(22-20-14)11-6-10(11)9-2-4-21-5-3-9/h7-11H,2-6H2,1H3,(H,16,17,18)/t10-,11+/m0/s1. The van der Waals surface area contributed by atoms with Gasteiger partial charge in [0.25, 0.3) is 0 Å². The Morgan fingerprint density at radius 3 is 2.91 bits per heavy atom. The van der Waals surface area contributed by atoms with Crippen molar-refractivity contribution in [1.82, 2.24) is 20.1 Å². The van der Waals surface area contributed by atoms with E-state index in [4.69, 9.17) is 9.26 Å². The maximum absolute atomic E-state index is 5.46. The van der Waals surface area contributed by atoms with Crippen LogP contribution >= 0.6 is 0 Å². The zero-order valence-electron chi connectivity index (χ0n) is 12.5. The highest BCUT2D eigenvalue weighted by atomic mass is 16.5. The van der Waals surface area contributed by atoms with Gasteiger partial charge in [-0.3, -0.25) is 0 Å². The van der Waals surface area contributed by atoms with Crippen LogP contribution in [-0.2, 0) is 4.74 Å². The molecule has 1 N–H and O–H groups in total. The Morgan fingerprint density at radius 1 is 1.23 bits per heavy atom. The third-order valence-corrected chi connectivity index (χ3v) is 4.62. The van der Waals surface area contributed by atoms with Crippen molar-refractivity contribution in [3.05, 3.63) is 18.3 Å². The lowest BCUT2D eigenvalue weighted by Gasteiger charge is -2.21. The van der Waals surface area contributed by atoms with Crippen LogP contribution in [0.1, 0.15) is 31.1 Å². The Hall–Kier alpha value is -2.02. The zero-order valence-corrected chi connectivity index (χ0v) is 12.5. The van der Waals surface area contributed by atoms with Crippen molar-refractivity contribution >= 4 is 5.82 Å². The normalized spacial score (nSPS) is 25.1. The Bertz CT molecular complexity index is 653. The van der Waals surface area contributed by atoms with Crippen LogP contribution in [0.25, 0.3) is 11.5 Å². The van der Waals surface area contributed by atoms with Gasteiger partial charge in [0.05, 0.1) is 0 Å². The molecule has 4 rings (SSSR count). The minimum atomic E-state index is 0.412. The summed E-state index contributed by atoms with van der Waals surface area (Å²) in [6.45, 7) is 1.77.